The van der Waals surface area contributed by atoms with Crippen LogP contribution in [0, 0.1) is 5.82 Å². The van der Waals surface area contributed by atoms with Crippen LogP contribution in [0.3, 0.4) is 0 Å². The number of guanidine groups is 1. The van der Waals surface area contributed by atoms with Crippen LogP contribution in [0.2, 0.25) is 0 Å². The van der Waals surface area contributed by atoms with Gasteiger partial charge in [0.1, 0.15) is 5.82 Å². The van der Waals surface area contributed by atoms with Crippen LogP contribution in [0.15, 0.2) is 53.5 Å². The lowest BCUT2D eigenvalue weighted by atomic mass is 9.84. The predicted octanol–water partition coefficient (Wildman–Crippen LogP) is 4.78. The van der Waals surface area contributed by atoms with Crippen molar-refractivity contribution in [2.24, 2.45) is 4.99 Å². The molecule has 0 atom stereocenters. The number of benzene rings is 2. The highest BCUT2D eigenvalue weighted by atomic mass is 127. The zero-order valence-corrected chi connectivity index (χ0v) is 21.5. The van der Waals surface area contributed by atoms with Crippen LogP contribution >= 0.6 is 24.0 Å². The van der Waals surface area contributed by atoms with Crippen LogP contribution in [0.25, 0.3) is 0 Å². The van der Waals surface area contributed by atoms with Crippen molar-refractivity contribution in [3.8, 4) is 0 Å². The Balaban J connectivity index is 0.00000363. The minimum atomic E-state index is -0.235. The van der Waals surface area contributed by atoms with Crippen molar-refractivity contribution in [2.45, 2.75) is 51.4 Å². The predicted molar refractivity (Wildman–Crippen MR) is 138 cm³/mol. The van der Waals surface area contributed by atoms with E-state index in [-0.39, 0.29) is 35.2 Å². The maximum Gasteiger partial charge on any atom is 0.191 e. The summed E-state index contributed by atoms with van der Waals surface area (Å²) in [6.45, 7) is 7.66. The highest BCUT2D eigenvalue weighted by Gasteiger charge is 2.21. The zero-order valence-electron chi connectivity index (χ0n) is 19.2. The fourth-order valence-electron chi connectivity index (χ4n) is 3.61. The van der Waals surface area contributed by atoms with Crippen LogP contribution in [0.4, 0.5) is 4.39 Å². The maximum absolute atomic E-state index is 13.6. The summed E-state index contributed by atoms with van der Waals surface area (Å²) >= 11 is 0. The minimum Gasteiger partial charge on any atom is -0.381 e. The number of aliphatic imine (C=N–C) groups is 1. The van der Waals surface area contributed by atoms with Crippen molar-refractivity contribution in [1.29, 1.82) is 0 Å². The van der Waals surface area contributed by atoms with Crippen LogP contribution in [0.1, 0.15) is 43.4 Å². The van der Waals surface area contributed by atoms with Gasteiger partial charge in [-0.2, -0.15) is 0 Å². The Morgan fingerprint density at radius 2 is 1.81 bits per heavy atom. The Labute approximate surface area is 208 Å². The van der Waals surface area contributed by atoms with Crippen LogP contribution < -0.4 is 10.6 Å². The summed E-state index contributed by atoms with van der Waals surface area (Å²) in [5, 5.41) is 6.72. The number of nitrogens with one attached hydrogen (secondary N) is 2. The SMILES string of the molecule is CN=C(NCc1cccc(COC2CCOCC2)c1)NCC(C)(C)c1cccc(F)c1.I. The Morgan fingerprint density at radius 3 is 2.53 bits per heavy atom. The second-order valence-electron chi connectivity index (χ2n) is 8.62. The fourth-order valence-corrected chi connectivity index (χ4v) is 3.61. The number of halogens is 2. The van der Waals surface area contributed by atoms with E-state index in [1.807, 2.05) is 6.07 Å². The highest BCUT2D eigenvalue weighted by Crippen LogP contribution is 2.22. The largest absolute Gasteiger partial charge is 0.381 e. The molecule has 0 bridgehead atoms. The van der Waals surface area contributed by atoms with Gasteiger partial charge in [-0.1, -0.05) is 50.2 Å². The van der Waals surface area contributed by atoms with Gasteiger partial charge in [-0.15, -0.1) is 24.0 Å². The van der Waals surface area contributed by atoms with Crippen molar-refractivity contribution in [1.82, 2.24) is 10.6 Å². The van der Waals surface area contributed by atoms with E-state index in [9.17, 15) is 4.39 Å². The topological polar surface area (TPSA) is 54.9 Å². The molecular weight excluding hydrogens is 520 g/mol. The minimum absolute atomic E-state index is 0. The molecular formula is C25H35FIN3O2. The molecule has 3 rings (SSSR count). The highest BCUT2D eigenvalue weighted by molar-refractivity contribution is 14.0. The van der Waals surface area contributed by atoms with E-state index in [2.05, 4.69) is 53.7 Å². The molecule has 2 aromatic rings. The van der Waals surface area contributed by atoms with Gasteiger partial charge in [-0.3, -0.25) is 4.99 Å². The molecule has 2 N–H and O–H groups in total. The summed E-state index contributed by atoms with van der Waals surface area (Å²) in [6.07, 6.45) is 2.23. The van der Waals surface area contributed by atoms with Crippen molar-refractivity contribution in [3.05, 3.63) is 71.0 Å². The molecule has 1 fully saturated rings. The molecule has 0 radical (unpaired) electrons. The third-order valence-electron chi connectivity index (χ3n) is 5.63. The second kappa shape index (κ2) is 13.1. The third-order valence-corrected chi connectivity index (χ3v) is 5.63. The quantitative estimate of drug-likeness (QED) is 0.280. The fraction of sp³-hybridized carbons (Fsp3) is 0.480. The van der Waals surface area contributed by atoms with Gasteiger partial charge in [0, 0.05) is 38.8 Å². The van der Waals surface area contributed by atoms with Crippen LogP contribution in [0.5, 0.6) is 0 Å². The monoisotopic (exact) mass is 555 g/mol. The lowest BCUT2D eigenvalue weighted by Crippen LogP contribution is -2.43. The van der Waals surface area contributed by atoms with Crippen LogP contribution in [-0.2, 0) is 28.0 Å². The van der Waals surface area contributed by atoms with E-state index in [4.69, 9.17) is 9.47 Å². The molecule has 0 amide bonds. The van der Waals surface area contributed by atoms with Gasteiger partial charge in [0.15, 0.2) is 5.96 Å². The van der Waals surface area contributed by atoms with Gasteiger partial charge in [0.2, 0.25) is 0 Å². The van der Waals surface area contributed by atoms with E-state index >= 15 is 0 Å². The standard InChI is InChI=1S/C25H34FN3O2.HI/c1-25(2,21-8-5-9-22(26)15-21)18-29-24(27-3)28-16-19-6-4-7-20(14-19)17-31-23-10-12-30-13-11-23;/h4-9,14-15,23H,10-13,16-18H2,1-3H3,(H2,27,28,29);1H. The first-order chi connectivity index (χ1) is 15.0. The molecule has 0 spiro atoms. The molecule has 176 valence electrons. The molecule has 0 aliphatic carbocycles. The summed E-state index contributed by atoms with van der Waals surface area (Å²) in [6, 6.07) is 15.2. The summed E-state index contributed by atoms with van der Waals surface area (Å²) < 4.78 is 25.0. The van der Waals surface area contributed by atoms with E-state index in [0.29, 0.717) is 31.8 Å². The van der Waals surface area contributed by atoms with E-state index in [1.165, 1.54) is 17.2 Å². The molecule has 2 aromatic carbocycles. The molecule has 1 aliphatic rings. The van der Waals surface area contributed by atoms with Gasteiger partial charge in [-0.05, 0) is 41.7 Å². The molecule has 32 heavy (non-hydrogen) atoms. The first-order valence-electron chi connectivity index (χ1n) is 10.9. The number of hydrogen-bond acceptors (Lipinski definition) is 3. The van der Waals surface area contributed by atoms with Crippen molar-refractivity contribution in [3.63, 3.8) is 0 Å². The Hall–Kier alpha value is -1.71. The number of rotatable bonds is 8. The van der Waals surface area contributed by atoms with Crippen molar-refractivity contribution < 1.29 is 13.9 Å². The summed E-state index contributed by atoms with van der Waals surface area (Å²) in [5.41, 5.74) is 3.05. The van der Waals surface area contributed by atoms with E-state index < -0.39 is 0 Å². The molecule has 1 aliphatic heterocycles. The average Bonchev–Trinajstić information content (AvgIpc) is 2.79. The first-order valence-corrected chi connectivity index (χ1v) is 10.9. The average molecular weight is 555 g/mol. The molecule has 0 saturated carbocycles. The van der Waals surface area contributed by atoms with E-state index in [1.54, 1.807) is 19.2 Å². The van der Waals surface area contributed by atoms with Gasteiger partial charge < -0.3 is 20.1 Å². The van der Waals surface area contributed by atoms with Gasteiger partial charge >= 0.3 is 0 Å². The Morgan fingerprint density at radius 1 is 1.09 bits per heavy atom. The molecule has 1 saturated heterocycles. The lowest BCUT2D eigenvalue weighted by Gasteiger charge is -2.27. The van der Waals surface area contributed by atoms with Crippen LogP contribution in [-0.4, -0.2) is 38.9 Å². The van der Waals surface area contributed by atoms with Gasteiger partial charge in [0.25, 0.3) is 0 Å². The van der Waals surface area contributed by atoms with Crippen molar-refractivity contribution in [2.75, 3.05) is 26.8 Å². The number of ether oxygens (including phenoxy) is 2. The number of nitrogens with zero attached hydrogens (tertiary/aromatic N) is 1. The second-order valence-corrected chi connectivity index (χ2v) is 8.62. The zero-order chi connectivity index (χ0) is 22.1. The molecule has 1 heterocycles. The molecule has 5 nitrogen and oxygen atoms in total. The van der Waals surface area contributed by atoms with Gasteiger partial charge in [0.05, 0.1) is 12.7 Å². The summed E-state index contributed by atoms with van der Waals surface area (Å²) in [4.78, 5) is 4.32. The van der Waals surface area contributed by atoms with E-state index in [0.717, 1.165) is 31.6 Å². The molecule has 0 unspecified atom stereocenters. The smallest absolute Gasteiger partial charge is 0.191 e. The summed E-state index contributed by atoms with van der Waals surface area (Å²) in [7, 11) is 1.75. The lowest BCUT2D eigenvalue weighted by molar-refractivity contribution is -0.0390. The van der Waals surface area contributed by atoms with Gasteiger partial charge in [-0.25, -0.2) is 4.39 Å². The molecule has 7 heteroatoms. The number of hydrogen-bond donors (Lipinski definition) is 2. The molecule has 0 aromatic heterocycles. The maximum atomic E-state index is 13.6. The summed E-state index contributed by atoms with van der Waals surface area (Å²) in [5.74, 6) is 0.502. The third kappa shape index (κ3) is 8.33. The normalized spacial score (nSPS) is 15.2. The first kappa shape index (κ1) is 26.5. The Kier molecular flexibility index (Phi) is 10.9. The van der Waals surface area contributed by atoms with Crippen molar-refractivity contribution >= 4 is 29.9 Å². The Bertz CT molecular complexity index is 870.